The molecule has 2 saturated heterocycles. The summed E-state index contributed by atoms with van der Waals surface area (Å²) >= 11 is 6.00. The predicted molar refractivity (Wildman–Crippen MR) is 98.5 cm³/mol. The zero-order chi connectivity index (χ0) is 17.7. The number of ketones is 1. The molecule has 0 radical (unpaired) electrons. The molecule has 1 spiro atoms. The minimum atomic E-state index is 0.0790. The Morgan fingerprint density at radius 1 is 1.36 bits per heavy atom. The summed E-state index contributed by atoms with van der Waals surface area (Å²) in [7, 11) is 1.58. The van der Waals surface area contributed by atoms with E-state index in [4.69, 9.17) is 21.1 Å². The van der Waals surface area contributed by atoms with Crippen LogP contribution in [-0.4, -0.2) is 56.3 Å². The van der Waals surface area contributed by atoms with Crippen LogP contribution in [0.3, 0.4) is 0 Å². The number of ether oxygens (including phenoxy) is 2. The number of piperidine rings is 1. The molecular weight excluding hydrogens is 340 g/mol. The number of methoxy groups -OCH3 is 1. The van der Waals surface area contributed by atoms with E-state index in [2.05, 4.69) is 10.2 Å². The summed E-state index contributed by atoms with van der Waals surface area (Å²) in [5, 5.41) is 3.86. The number of unbranched alkanes of at least 4 members (excludes halogenated alkanes) is 1. The summed E-state index contributed by atoms with van der Waals surface area (Å²) in [5.41, 5.74) is 0.663. The molecule has 0 atom stereocenters. The Hall–Kier alpha value is -1.14. The molecule has 0 saturated carbocycles. The third-order valence-corrected chi connectivity index (χ3v) is 5.52. The van der Waals surface area contributed by atoms with Crippen molar-refractivity contribution >= 4 is 17.4 Å². The summed E-state index contributed by atoms with van der Waals surface area (Å²) in [6.07, 6.45) is 4.63. The van der Waals surface area contributed by atoms with Crippen LogP contribution in [-0.2, 0) is 4.74 Å². The third-order valence-electron chi connectivity index (χ3n) is 5.28. The molecule has 2 heterocycles. The van der Waals surface area contributed by atoms with Crippen molar-refractivity contribution < 1.29 is 14.3 Å². The quantitative estimate of drug-likeness (QED) is 0.593. The molecule has 3 rings (SSSR count). The number of likely N-dealkylation sites (tertiary alicyclic amines) is 1. The van der Waals surface area contributed by atoms with E-state index in [1.807, 2.05) is 0 Å². The van der Waals surface area contributed by atoms with Crippen molar-refractivity contribution in [2.75, 3.05) is 40.0 Å². The molecule has 1 aromatic rings. The van der Waals surface area contributed by atoms with Gasteiger partial charge in [0.1, 0.15) is 5.75 Å². The van der Waals surface area contributed by atoms with E-state index in [0.29, 0.717) is 29.5 Å². The Morgan fingerprint density at radius 2 is 2.16 bits per heavy atom. The molecule has 0 bridgehead atoms. The number of hydrogen-bond acceptors (Lipinski definition) is 5. The van der Waals surface area contributed by atoms with Crippen LogP contribution in [0.4, 0.5) is 0 Å². The number of carbonyl (C=O) groups is 1. The largest absolute Gasteiger partial charge is 0.496 e. The zero-order valence-electron chi connectivity index (χ0n) is 14.9. The fraction of sp³-hybridized carbons (Fsp3) is 0.632. The van der Waals surface area contributed by atoms with Gasteiger partial charge in [-0.15, -0.1) is 0 Å². The first-order chi connectivity index (χ1) is 12.1. The standard InChI is InChI=1S/C19H27ClN2O3/c1-24-18-6-5-15(20)12-16(18)17(23)4-2-3-9-22-10-7-19(8-11-22)13-21-14-25-19/h5-6,12,21H,2-4,7-11,13-14H2,1H3. The van der Waals surface area contributed by atoms with Crippen LogP contribution in [0.5, 0.6) is 5.75 Å². The van der Waals surface area contributed by atoms with Gasteiger partial charge in [0.15, 0.2) is 5.78 Å². The Kier molecular flexibility index (Phi) is 6.34. The van der Waals surface area contributed by atoms with Gasteiger partial charge in [0, 0.05) is 31.1 Å². The molecule has 2 aliphatic rings. The Bertz CT molecular complexity index is 592. The Balaban J connectivity index is 1.39. The molecule has 5 nitrogen and oxygen atoms in total. The lowest BCUT2D eigenvalue weighted by molar-refractivity contribution is -0.0366. The number of carbonyl (C=O) groups excluding carboxylic acids is 1. The van der Waals surface area contributed by atoms with Crippen molar-refractivity contribution in [3.8, 4) is 5.75 Å². The van der Waals surface area contributed by atoms with Crippen molar-refractivity contribution in [3.05, 3.63) is 28.8 Å². The van der Waals surface area contributed by atoms with Crippen molar-refractivity contribution in [1.82, 2.24) is 10.2 Å². The van der Waals surface area contributed by atoms with Gasteiger partial charge in [-0.2, -0.15) is 0 Å². The smallest absolute Gasteiger partial charge is 0.166 e. The van der Waals surface area contributed by atoms with Gasteiger partial charge >= 0.3 is 0 Å². The molecule has 1 aromatic carbocycles. The van der Waals surface area contributed by atoms with Gasteiger partial charge in [0.2, 0.25) is 0 Å². The van der Waals surface area contributed by atoms with Gasteiger partial charge in [-0.05, 0) is 50.4 Å². The summed E-state index contributed by atoms with van der Waals surface area (Å²) in [4.78, 5) is 14.9. The van der Waals surface area contributed by atoms with Gasteiger partial charge in [-0.3, -0.25) is 10.1 Å². The van der Waals surface area contributed by atoms with Crippen LogP contribution in [0.2, 0.25) is 5.02 Å². The van der Waals surface area contributed by atoms with Gasteiger partial charge in [-0.1, -0.05) is 11.6 Å². The number of benzene rings is 1. The lowest BCUT2D eigenvalue weighted by Crippen LogP contribution is -2.46. The topological polar surface area (TPSA) is 50.8 Å². The maximum absolute atomic E-state index is 12.4. The molecule has 25 heavy (non-hydrogen) atoms. The van der Waals surface area contributed by atoms with Crippen LogP contribution in [0.1, 0.15) is 42.5 Å². The molecular formula is C19H27ClN2O3. The van der Waals surface area contributed by atoms with E-state index in [-0.39, 0.29) is 11.4 Å². The first-order valence-electron chi connectivity index (χ1n) is 9.06. The molecule has 2 aliphatic heterocycles. The maximum atomic E-state index is 12.4. The minimum absolute atomic E-state index is 0.0790. The molecule has 1 N–H and O–H groups in total. The normalized spacial score (nSPS) is 20.1. The summed E-state index contributed by atoms with van der Waals surface area (Å²) in [6, 6.07) is 5.19. The highest BCUT2D eigenvalue weighted by molar-refractivity contribution is 6.31. The van der Waals surface area contributed by atoms with E-state index < -0.39 is 0 Å². The zero-order valence-corrected chi connectivity index (χ0v) is 15.6. The van der Waals surface area contributed by atoms with Gasteiger partial charge < -0.3 is 14.4 Å². The van der Waals surface area contributed by atoms with Crippen LogP contribution in [0, 0.1) is 0 Å². The molecule has 0 aromatic heterocycles. The van der Waals surface area contributed by atoms with Crippen molar-refractivity contribution in [2.45, 2.75) is 37.7 Å². The summed E-state index contributed by atoms with van der Waals surface area (Å²) in [6.45, 7) is 4.88. The molecule has 6 heteroatoms. The number of hydrogen-bond donors (Lipinski definition) is 1. The Labute approximate surface area is 154 Å². The fourth-order valence-electron chi connectivity index (χ4n) is 3.69. The fourth-order valence-corrected chi connectivity index (χ4v) is 3.87. The Morgan fingerprint density at radius 3 is 2.84 bits per heavy atom. The van der Waals surface area contributed by atoms with Crippen LogP contribution in [0.15, 0.2) is 18.2 Å². The molecule has 0 aliphatic carbocycles. The van der Waals surface area contributed by atoms with Crippen molar-refractivity contribution in [2.24, 2.45) is 0 Å². The molecule has 0 amide bonds. The van der Waals surface area contributed by atoms with Gasteiger partial charge in [-0.25, -0.2) is 0 Å². The lowest BCUT2D eigenvalue weighted by atomic mass is 9.91. The second-order valence-electron chi connectivity index (χ2n) is 6.96. The van der Waals surface area contributed by atoms with E-state index in [1.165, 1.54) is 0 Å². The van der Waals surface area contributed by atoms with E-state index in [0.717, 1.165) is 51.9 Å². The van der Waals surface area contributed by atoms with Crippen molar-refractivity contribution in [1.29, 1.82) is 0 Å². The van der Waals surface area contributed by atoms with Crippen LogP contribution in [0.25, 0.3) is 0 Å². The predicted octanol–water partition coefficient (Wildman–Crippen LogP) is 3.11. The molecule has 0 unspecified atom stereocenters. The monoisotopic (exact) mass is 366 g/mol. The van der Waals surface area contributed by atoms with Gasteiger partial charge in [0.25, 0.3) is 0 Å². The molecule has 2 fully saturated rings. The van der Waals surface area contributed by atoms with Crippen molar-refractivity contribution in [3.63, 3.8) is 0 Å². The number of nitrogens with zero attached hydrogens (tertiary/aromatic N) is 1. The number of Topliss-reactive ketones (excluding diaryl/α,β-unsaturated/α-hetero) is 1. The highest BCUT2D eigenvalue weighted by atomic mass is 35.5. The van der Waals surface area contributed by atoms with E-state index in [9.17, 15) is 4.79 Å². The maximum Gasteiger partial charge on any atom is 0.166 e. The van der Waals surface area contributed by atoms with Crippen LogP contribution < -0.4 is 10.1 Å². The first-order valence-corrected chi connectivity index (χ1v) is 9.43. The van der Waals surface area contributed by atoms with Gasteiger partial charge in [0.05, 0.1) is 25.0 Å². The van der Waals surface area contributed by atoms with E-state index in [1.54, 1.807) is 25.3 Å². The number of rotatable bonds is 7. The average Bonchev–Trinajstić information content (AvgIpc) is 3.08. The average molecular weight is 367 g/mol. The number of nitrogens with one attached hydrogen (secondary N) is 1. The lowest BCUT2D eigenvalue weighted by Gasteiger charge is -2.38. The van der Waals surface area contributed by atoms with Crippen LogP contribution >= 0.6 is 11.6 Å². The third kappa shape index (κ3) is 4.73. The second kappa shape index (κ2) is 8.49. The first kappa shape index (κ1) is 18.6. The van der Waals surface area contributed by atoms with E-state index >= 15 is 0 Å². The highest BCUT2D eigenvalue weighted by Crippen LogP contribution is 2.28. The highest BCUT2D eigenvalue weighted by Gasteiger charge is 2.38. The summed E-state index contributed by atoms with van der Waals surface area (Å²) < 4.78 is 11.1. The minimum Gasteiger partial charge on any atom is -0.496 e. The molecule has 138 valence electrons. The number of halogens is 1. The second-order valence-corrected chi connectivity index (χ2v) is 7.40. The summed E-state index contributed by atoms with van der Waals surface area (Å²) in [5.74, 6) is 0.697. The SMILES string of the molecule is COc1ccc(Cl)cc1C(=O)CCCCN1CCC2(CC1)CNCO2.